The van der Waals surface area contributed by atoms with Crippen LogP contribution in [-0.4, -0.2) is 11.8 Å². The van der Waals surface area contributed by atoms with Crippen molar-refractivity contribution in [2.24, 2.45) is 0 Å². The summed E-state index contributed by atoms with van der Waals surface area (Å²) in [6.45, 7) is 2.16. The first-order valence-electron chi connectivity index (χ1n) is 7.64. The third kappa shape index (κ3) is 5.77. The van der Waals surface area contributed by atoms with Gasteiger partial charge in [0.05, 0.1) is 16.3 Å². The number of carbonyl (C=O) groups excluding carboxylic acids is 2. The lowest BCUT2D eigenvalue weighted by Crippen LogP contribution is -2.27. The van der Waals surface area contributed by atoms with Gasteiger partial charge in [0.15, 0.2) is 0 Å². The average molecular weight is 385 g/mol. The first-order chi connectivity index (χ1) is 12.1. The lowest BCUT2D eigenvalue weighted by Gasteiger charge is -2.12. The van der Waals surface area contributed by atoms with Crippen molar-refractivity contribution in [2.45, 2.75) is 26.1 Å². The van der Waals surface area contributed by atoms with Gasteiger partial charge in [0, 0.05) is 6.54 Å². The van der Waals surface area contributed by atoms with Crippen LogP contribution in [-0.2, 0) is 22.3 Å². The van der Waals surface area contributed by atoms with Gasteiger partial charge in [-0.1, -0.05) is 41.4 Å². The molecule has 0 fully saturated rings. The molecule has 0 bridgehead atoms. The lowest BCUT2D eigenvalue weighted by molar-refractivity contribution is -0.137. The molecule has 26 heavy (non-hydrogen) atoms. The van der Waals surface area contributed by atoms with Crippen molar-refractivity contribution in [3.05, 3.63) is 64.2 Å². The van der Waals surface area contributed by atoms with Crippen LogP contribution in [0.5, 0.6) is 0 Å². The minimum Gasteiger partial charge on any atom is -0.352 e. The van der Waals surface area contributed by atoms with Crippen LogP contribution in [0.25, 0.3) is 0 Å². The van der Waals surface area contributed by atoms with Gasteiger partial charge < -0.3 is 10.6 Å². The number of carbonyl (C=O) groups is 2. The summed E-state index contributed by atoms with van der Waals surface area (Å²) in [5.41, 5.74) is 0.771. The molecule has 0 heterocycles. The van der Waals surface area contributed by atoms with Gasteiger partial charge in [0.1, 0.15) is 6.42 Å². The molecule has 2 N–H and O–H groups in total. The van der Waals surface area contributed by atoms with E-state index in [1.165, 1.54) is 0 Å². The number of benzene rings is 2. The molecule has 0 aliphatic carbocycles. The molecule has 2 rings (SSSR count). The highest BCUT2D eigenvalue weighted by Crippen LogP contribution is 2.33. The number of alkyl halides is 3. The number of rotatable bonds is 5. The Morgan fingerprint density at radius 1 is 1.08 bits per heavy atom. The van der Waals surface area contributed by atoms with Crippen molar-refractivity contribution in [1.82, 2.24) is 5.32 Å². The maximum atomic E-state index is 12.7. The molecule has 0 radical (unpaired) electrons. The summed E-state index contributed by atoms with van der Waals surface area (Å²) in [6.07, 6.45) is -5.09. The highest BCUT2D eigenvalue weighted by atomic mass is 35.5. The molecule has 2 aromatic carbocycles. The van der Waals surface area contributed by atoms with Crippen molar-refractivity contribution in [2.75, 3.05) is 5.32 Å². The Morgan fingerprint density at radius 2 is 1.81 bits per heavy atom. The molecule has 2 amide bonds. The van der Waals surface area contributed by atoms with Gasteiger partial charge >= 0.3 is 6.18 Å². The van der Waals surface area contributed by atoms with E-state index in [4.69, 9.17) is 11.6 Å². The van der Waals surface area contributed by atoms with E-state index < -0.39 is 30.0 Å². The van der Waals surface area contributed by atoms with Crippen LogP contribution in [0, 0.1) is 6.92 Å². The zero-order chi connectivity index (χ0) is 19.3. The molecule has 0 saturated heterocycles. The minimum absolute atomic E-state index is 0.0495. The van der Waals surface area contributed by atoms with Crippen LogP contribution in [0.3, 0.4) is 0 Å². The number of amides is 2. The number of hydrogen-bond acceptors (Lipinski definition) is 2. The number of aryl methyl sites for hydroxylation is 1. The zero-order valence-corrected chi connectivity index (χ0v) is 14.5. The Morgan fingerprint density at radius 3 is 2.46 bits per heavy atom. The van der Waals surface area contributed by atoms with Gasteiger partial charge in [-0.2, -0.15) is 13.2 Å². The molecule has 2 aromatic rings. The Bertz CT molecular complexity index is 822. The first-order valence-corrected chi connectivity index (χ1v) is 8.02. The van der Waals surface area contributed by atoms with Gasteiger partial charge in [-0.3, -0.25) is 9.59 Å². The summed E-state index contributed by atoms with van der Waals surface area (Å²) in [7, 11) is 0. The quantitative estimate of drug-likeness (QED) is 0.754. The Balaban J connectivity index is 1.93. The maximum absolute atomic E-state index is 12.7. The van der Waals surface area contributed by atoms with E-state index >= 15 is 0 Å². The number of hydrogen-bond donors (Lipinski definition) is 2. The molecular weight excluding hydrogens is 369 g/mol. The minimum atomic E-state index is -4.56. The summed E-state index contributed by atoms with van der Waals surface area (Å²) in [6, 6.07) is 10.1. The van der Waals surface area contributed by atoms with E-state index in [0.29, 0.717) is 0 Å². The van der Waals surface area contributed by atoms with Gasteiger partial charge in [-0.05, 0) is 30.7 Å². The SMILES string of the molecule is Cc1cccc(CNC(=O)CC(=O)Nc2cc(C(F)(F)F)ccc2Cl)c1. The second-order valence-electron chi connectivity index (χ2n) is 5.68. The molecular formula is C18H16ClF3N2O2. The van der Waals surface area contributed by atoms with Crippen LogP contribution in [0.4, 0.5) is 18.9 Å². The van der Waals surface area contributed by atoms with Crippen molar-refractivity contribution in [1.29, 1.82) is 0 Å². The highest BCUT2D eigenvalue weighted by molar-refractivity contribution is 6.33. The van der Waals surface area contributed by atoms with Gasteiger partial charge in [0.25, 0.3) is 0 Å². The van der Waals surface area contributed by atoms with Crippen LogP contribution in [0.2, 0.25) is 5.02 Å². The Kier molecular flexibility index (Phi) is 6.26. The second kappa shape index (κ2) is 8.23. The average Bonchev–Trinajstić information content (AvgIpc) is 2.54. The summed E-state index contributed by atoms with van der Waals surface area (Å²) < 4.78 is 38.2. The molecule has 0 unspecified atom stereocenters. The van der Waals surface area contributed by atoms with Crippen LogP contribution < -0.4 is 10.6 Å². The number of anilines is 1. The zero-order valence-electron chi connectivity index (χ0n) is 13.8. The smallest absolute Gasteiger partial charge is 0.352 e. The molecule has 4 nitrogen and oxygen atoms in total. The molecule has 0 atom stereocenters. The van der Waals surface area contributed by atoms with Crippen molar-refractivity contribution < 1.29 is 22.8 Å². The Labute approximate surface area is 153 Å². The van der Waals surface area contributed by atoms with E-state index in [-0.39, 0.29) is 17.3 Å². The molecule has 0 aliphatic rings. The largest absolute Gasteiger partial charge is 0.416 e. The van der Waals surface area contributed by atoms with Gasteiger partial charge in [-0.25, -0.2) is 0 Å². The molecule has 0 aliphatic heterocycles. The number of halogens is 4. The lowest BCUT2D eigenvalue weighted by atomic mass is 10.1. The standard InChI is InChI=1S/C18H16ClF3N2O2/c1-11-3-2-4-12(7-11)10-23-16(25)9-17(26)24-15-8-13(18(20,21)22)5-6-14(15)19/h2-8H,9-10H2,1H3,(H,23,25)(H,24,26). The number of nitrogens with one attached hydrogen (secondary N) is 2. The third-order valence-corrected chi connectivity index (χ3v) is 3.79. The van der Waals surface area contributed by atoms with Crippen LogP contribution in [0.15, 0.2) is 42.5 Å². The fourth-order valence-corrected chi connectivity index (χ4v) is 2.39. The fourth-order valence-electron chi connectivity index (χ4n) is 2.22. The van der Waals surface area contributed by atoms with E-state index in [2.05, 4.69) is 10.6 Å². The van der Waals surface area contributed by atoms with E-state index in [1.807, 2.05) is 31.2 Å². The normalized spacial score (nSPS) is 11.1. The van der Waals surface area contributed by atoms with Gasteiger partial charge in [0.2, 0.25) is 11.8 Å². The topological polar surface area (TPSA) is 58.2 Å². The molecule has 8 heteroatoms. The van der Waals surface area contributed by atoms with E-state index in [9.17, 15) is 22.8 Å². The van der Waals surface area contributed by atoms with Crippen molar-refractivity contribution in [3.63, 3.8) is 0 Å². The molecule has 0 spiro atoms. The molecule has 138 valence electrons. The fraction of sp³-hybridized carbons (Fsp3) is 0.222. The first kappa shape index (κ1) is 19.8. The van der Waals surface area contributed by atoms with E-state index in [1.54, 1.807) is 0 Å². The summed E-state index contributed by atoms with van der Waals surface area (Å²) >= 11 is 5.80. The van der Waals surface area contributed by atoms with Crippen LogP contribution in [0.1, 0.15) is 23.1 Å². The van der Waals surface area contributed by atoms with E-state index in [0.717, 1.165) is 29.3 Å². The third-order valence-electron chi connectivity index (χ3n) is 3.46. The molecule has 0 saturated carbocycles. The summed E-state index contributed by atoms with van der Waals surface area (Å²) in [5.74, 6) is -1.31. The van der Waals surface area contributed by atoms with Crippen molar-refractivity contribution in [3.8, 4) is 0 Å². The predicted molar refractivity (Wildman–Crippen MR) is 92.7 cm³/mol. The summed E-state index contributed by atoms with van der Waals surface area (Å²) in [4.78, 5) is 23.7. The van der Waals surface area contributed by atoms with Gasteiger partial charge in [-0.15, -0.1) is 0 Å². The van der Waals surface area contributed by atoms with Crippen molar-refractivity contribution >= 4 is 29.1 Å². The molecule has 0 aromatic heterocycles. The Hall–Kier alpha value is -2.54. The maximum Gasteiger partial charge on any atom is 0.416 e. The second-order valence-corrected chi connectivity index (χ2v) is 6.09. The highest BCUT2D eigenvalue weighted by Gasteiger charge is 2.31. The monoisotopic (exact) mass is 384 g/mol. The summed E-state index contributed by atoms with van der Waals surface area (Å²) in [5, 5.41) is 4.76. The predicted octanol–water partition coefficient (Wildman–Crippen LogP) is 4.31. The van der Waals surface area contributed by atoms with Crippen LogP contribution >= 0.6 is 11.6 Å².